The van der Waals surface area contributed by atoms with Gasteiger partial charge in [0.25, 0.3) is 5.56 Å². The SMILES string of the molecule is CNc1ncnc2c1ncn2C1OC(COP(=O)(O)OP(=O)(O)OP(=O)(O)OCCC2=C(C)[I-][N+](Cc3cnc(C)nc3N)=CS2)C(OP(=O)(O)OCC2OC(n3cnc4c(=O)[nH]c(N)nc43)C(O)C2O)C1OC. The van der Waals surface area contributed by atoms with Crippen molar-refractivity contribution in [2.24, 2.45) is 0 Å². The number of anilines is 3. The second-order valence-electron chi connectivity index (χ2n) is 15.8. The number of nitrogen functional groups attached to an aromatic ring is 2. The predicted molar refractivity (Wildman–Crippen MR) is 248 cm³/mol. The first-order chi connectivity index (χ1) is 34.9. The van der Waals surface area contributed by atoms with Crippen molar-refractivity contribution in [1.29, 1.82) is 0 Å². The van der Waals surface area contributed by atoms with Gasteiger partial charge in [-0.25, -0.2) is 24.5 Å². The van der Waals surface area contributed by atoms with Gasteiger partial charge in [-0.2, -0.15) is 4.98 Å². The van der Waals surface area contributed by atoms with E-state index in [1.807, 2.05) is 12.5 Å². The van der Waals surface area contributed by atoms with E-state index in [1.54, 1.807) is 20.2 Å². The number of H-pyrrole nitrogens is 1. The number of aliphatic hydroxyl groups is 2. The van der Waals surface area contributed by atoms with E-state index in [1.165, 1.54) is 29.0 Å². The molecular weight excluding hydrogens is 1210 g/mol. The van der Waals surface area contributed by atoms with Gasteiger partial charge in [0.2, 0.25) is 5.95 Å². The van der Waals surface area contributed by atoms with Gasteiger partial charge in [-0.15, -0.1) is 0 Å². The zero-order valence-electron chi connectivity index (χ0n) is 38.6. The zero-order valence-corrected chi connectivity index (χ0v) is 45.2. The molecule has 12 unspecified atom stereocenters. The van der Waals surface area contributed by atoms with Gasteiger partial charge < -0.3 is 40.4 Å². The maximum Gasteiger partial charge on any atom is 0.472 e. The van der Waals surface area contributed by atoms with Crippen LogP contribution >= 0.6 is 43.1 Å². The predicted octanol–water partition coefficient (Wildman–Crippen LogP) is -2.72. The fourth-order valence-electron chi connectivity index (χ4n) is 7.51. The van der Waals surface area contributed by atoms with Crippen LogP contribution in [-0.4, -0.2) is 158 Å². The van der Waals surface area contributed by atoms with Crippen LogP contribution in [0.1, 0.15) is 37.2 Å². The number of aromatic nitrogens is 10. The molecule has 406 valence electrons. The molecule has 3 aliphatic rings. The molecule has 5 aromatic rings. The number of methoxy groups -OCH3 is 1. The molecule has 8 rings (SSSR count). The quantitative estimate of drug-likeness (QED) is 0.0191. The summed E-state index contributed by atoms with van der Waals surface area (Å²) in [5.41, 5.74) is 13.6. The summed E-state index contributed by atoms with van der Waals surface area (Å²) >= 11 is 0.591. The summed E-state index contributed by atoms with van der Waals surface area (Å²) in [4.78, 5) is 86.7. The molecule has 0 bridgehead atoms. The Morgan fingerprint density at radius 1 is 0.838 bits per heavy atom. The number of hydrogen-bond donors (Lipinski definition) is 10. The van der Waals surface area contributed by atoms with E-state index in [4.69, 9.17) is 43.8 Å². The molecule has 2 saturated heterocycles. The number of nitrogens with zero attached hydrogens (tertiary/aromatic N) is 10. The topological polar surface area (TPSA) is 473 Å². The van der Waals surface area contributed by atoms with Crippen molar-refractivity contribution in [3.05, 3.63) is 55.4 Å². The van der Waals surface area contributed by atoms with Crippen LogP contribution in [0.5, 0.6) is 0 Å². The van der Waals surface area contributed by atoms with Gasteiger partial charge >= 0.3 is 207 Å². The van der Waals surface area contributed by atoms with Gasteiger partial charge in [0, 0.05) is 14.2 Å². The number of aromatic amines is 1. The molecule has 74 heavy (non-hydrogen) atoms. The average Bonchev–Trinajstić information content (AvgIpc) is 4.09. The van der Waals surface area contributed by atoms with Gasteiger partial charge in [0.15, 0.2) is 35.1 Å². The molecular formula is C34H47IN14O20P4S. The summed E-state index contributed by atoms with van der Waals surface area (Å²) in [7, 11) is -19.9. The van der Waals surface area contributed by atoms with Gasteiger partial charge in [-0.1, -0.05) is 0 Å². The zero-order chi connectivity index (χ0) is 53.5. The van der Waals surface area contributed by atoms with Crippen molar-refractivity contribution in [2.75, 3.05) is 50.8 Å². The number of aliphatic hydroxyl groups excluding tert-OH is 2. The third-order valence-corrected chi connectivity index (χ3v) is 20.6. The van der Waals surface area contributed by atoms with E-state index in [0.29, 0.717) is 18.2 Å². The molecule has 0 saturated carbocycles. The molecule has 5 aromatic heterocycles. The Morgan fingerprint density at radius 3 is 2.19 bits per heavy atom. The van der Waals surface area contributed by atoms with Gasteiger partial charge in [0.1, 0.15) is 48.5 Å². The number of hydrogen-bond acceptors (Lipinski definition) is 27. The Bertz CT molecular complexity index is 3240. The molecule has 8 heterocycles. The Morgan fingerprint density at radius 2 is 1.50 bits per heavy atom. The van der Waals surface area contributed by atoms with Gasteiger partial charge in [-0.3, -0.25) is 28.0 Å². The van der Waals surface area contributed by atoms with Crippen molar-refractivity contribution >= 4 is 88.5 Å². The number of imidazole rings is 2. The first-order valence-electron chi connectivity index (χ1n) is 21.2. The summed E-state index contributed by atoms with van der Waals surface area (Å²) < 4.78 is 105. The summed E-state index contributed by atoms with van der Waals surface area (Å²) in [6.45, 7) is 1.45. The summed E-state index contributed by atoms with van der Waals surface area (Å²) in [5.74, 6) is 0.884. The second kappa shape index (κ2) is 22.6. The van der Waals surface area contributed by atoms with E-state index < -0.39 is 127 Å². The Labute approximate surface area is 430 Å². The van der Waals surface area contributed by atoms with Crippen LogP contribution in [0.2, 0.25) is 0 Å². The average molecular weight is 1250 g/mol. The molecule has 0 aromatic carbocycles. The van der Waals surface area contributed by atoms with Crippen molar-refractivity contribution in [2.45, 2.75) is 75.9 Å². The van der Waals surface area contributed by atoms with E-state index in [0.717, 1.165) is 32.1 Å². The minimum atomic E-state index is -5.98. The number of phosphoric ester groups is 3. The third kappa shape index (κ3) is 12.9. The van der Waals surface area contributed by atoms with E-state index in [9.17, 15) is 52.8 Å². The fourth-order valence-corrected chi connectivity index (χ4v) is 16.0. The number of ether oxygens (including phenoxy) is 3. The minimum Gasteiger partial charge on any atom is -0.387 e. The number of halogens is 1. The second-order valence-corrected chi connectivity index (χ2v) is 26.1. The van der Waals surface area contributed by atoms with Crippen molar-refractivity contribution in [3.63, 3.8) is 0 Å². The Hall–Kier alpha value is -3.81. The van der Waals surface area contributed by atoms with Crippen LogP contribution in [-0.2, 0) is 65.7 Å². The number of thioether (sulfide) groups is 1. The number of fused-ring (bicyclic) bond motifs is 2. The summed E-state index contributed by atoms with van der Waals surface area (Å²) in [6.07, 6.45) is -7.71. The van der Waals surface area contributed by atoms with Crippen LogP contribution in [0.3, 0.4) is 0 Å². The maximum atomic E-state index is 13.7. The van der Waals surface area contributed by atoms with Crippen LogP contribution in [0.15, 0.2) is 38.5 Å². The molecule has 12 atom stereocenters. The van der Waals surface area contributed by atoms with Crippen LogP contribution < -0.4 is 43.8 Å². The van der Waals surface area contributed by atoms with Crippen LogP contribution in [0, 0.1) is 6.92 Å². The normalized spacial score (nSPS) is 26.8. The minimum absolute atomic E-state index is 0.0724. The fraction of sp³-hybridized carbons (Fsp3) is 0.500. The Kier molecular flexibility index (Phi) is 17.3. The maximum absolute atomic E-state index is 13.7. The first-order valence-corrected chi connectivity index (χ1v) is 30.1. The van der Waals surface area contributed by atoms with Crippen molar-refractivity contribution in [3.8, 4) is 0 Å². The number of rotatable bonds is 22. The van der Waals surface area contributed by atoms with E-state index in [-0.39, 0.29) is 40.5 Å². The van der Waals surface area contributed by atoms with Crippen LogP contribution in [0.25, 0.3) is 22.3 Å². The molecule has 3 aliphatic heterocycles. The molecule has 40 heteroatoms. The molecule has 2 fully saturated rings. The Balaban J connectivity index is 0.911. The van der Waals surface area contributed by atoms with E-state index >= 15 is 0 Å². The van der Waals surface area contributed by atoms with Crippen molar-refractivity contribution < 1.29 is 113 Å². The molecule has 34 nitrogen and oxygen atoms in total. The van der Waals surface area contributed by atoms with Gasteiger partial charge in [0.05, 0.1) is 19.3 Å². The molecule has 12 N–H and O–H groups in total. The van der Waals surface area contributed by atoms with E-state index in [2.05, 4.69) is 56.6 Å². The molecule has 0 radical (unpaired) electrons. The molecule has 0 aliphatic carbocycles. The number of nitrogens with one attached hydrogen (secondary N) is 2. The molecule has 0 amide bonds. The molecule has 0 spiro atoms. The standard InChI is InChI=1S/C34H47IN14O20P4S/c1-15-20(74-14-47(35-15)8-17-7-39-16(2)44-27(17)36)5-6-62-71(55,56)68-73(59,60)69-72(57,58)64-10-19-25(26(61-4)33(66-19)48-12-42-21-28(38-3)40-11-41-29(21)48)67-70(53,54)63-9-18-23(50)24(51)32(65-18)49-13-43-22-30(49)45-34(37)46-31(22)52/h7,11-14,18-19,23-26,32-33,50-51H,5-6,8-10H2,1-4H3,(H,53,54)(H,55,56)(H,57,58)(H,59,60)(H2,36,39,44)(H,38,40,41)(H3,37,45,46,52). The number of aryl methyl sites for hydroxylation is 1. The van der Waals surface area contributed by atoms with Gasteiger partial charge in [-0.05, 0) is 0 Å². The largest absolute Gasteiger partial charge is 0.472 e. The number of nitrogens with two attached hydrogens (primary N) is 2. The summed E-state index contributed by atoms with van der Waals surface area (Å²) in [6, 6.07) is 0. The smallest absolute Gasteiger partial charge is 0.387 e. The summed E-state index contributed by atoms with van der Waals surface area (Å²) in [5, 5.41) is 24.6. The van der Waals surface area contributed by atoms with Crippen LogP contribution in [0.4, 0.5) is 17.6 Å². The monoisotopic (exact) mass is 1250 g/mol. The number of allylic oxidation sites excluding steroid dienone is 1. The third-order valence-electron chi connectivity index (χ3n) is 10.8. The first kappa shape index (κ1) is 56.4. The van der Waals surface area contributed by atoms with Crippen molar-refractivity contribution in [1.82, 2.24) is 49.0 Å². The number of phosphoric acid groups is 4.